The summed E-state index contributed by atoms with van der Waals surface area (Å²) in [7, 11) is 3.97. The number of hydrogen-bond acceptors (Lipinski definition) is 3. The Bertz CT molecular complexity index is 482. The molecule has 96 valence electrons. The number of carbonyl (C=O) groups excluding carboxylic acids is 1. The van der Waals surface area contributed by atoms with Crippen molar-refractivity contribution >= 4 is 17.3 Å². The van der Waals surface area contributed by atoms with Crippen LogP contribution in [0.2, 0.25) is 0 Å². The third-order valence-electron chi connectivity index (χ3n) is 3.98. The molecule has 1 saturated heterocycles. The molecule has 1 N–H and O–H groups in total. The van der Waals surface area contributed by atoms with Crippen molar-refractivity contribution in [2.75, 3.05) is 43.5 Å². The maximum absolute atomic E-state index is 11.6. The van der Waals surface area contributed by atoms with E-state index in [1.165, 1.54) is 5.69 Å². The zero-order valence-electron chi connectivity index (χ0n) is 10.9. The monoisotopic (exact) mass is 245 g/mol. The minimum absolute atomic E-state index is 0.188. The first-order valence-corrected chi connectivity index (χ1v) is 6.46. The second kappa shape index (κ2) is 4.28. The Hall–Kier alpha value is -1.55. The summed E-state index contributed by atoms with van der Waals surface area (Å²) in [5.74, 6) is 0.945. The van der Waals surface area contributed by atoms with Crippen LogP contribution in [-0.4, -0.2) is 39.6 Å². The van der Waals surface area contributed by atoms with Gasteiger partial charge in [0.05, 0.1) is 6.42 Å². The second-order valence-electron chi connectivity index (χ2n) is 5.35. The number of benzene rings is 1. The summed E-state index contributed by atoms with van der Waals surface area (Å²) in [6.07, 6.45) is 0.540. The summed E-state index contributed by atoms with van der Waals surface area (Å²) >= 11 is 0. The van der Waals surface area contributed by atoms with Crippen molar-refractivity contribution in [2.24, 2.45) is 5.92 Å². The van der Waals surface area contributed by atoms with Gasteiger partial charge in [-0.1, -0.05) is 0 Å². The molecule has 4 heteroatoms. The van der Waals surface area contributed by atoms with Crippen LogP contribution in [0.5, 0.6) is 0 Å². The molecule has 0 saturated carbocycles. The second-order valence-corrected chi connectivity index (χ2v) is 5.35. The van der Waals surface area contributed by atoms with Crippen LogP contribution < -0.4 is 15.1 Å². The summed E-state index contributed by atoms with van der Waals surface area (Å²) in [5.41, 5.74) is 3.42. The molecule has 0 spiro atoms. The van der Waals surface area contributed by atoms with Gasteiger partial charge in [0.15, 0.2) is 0 Å². The normalized spacial score (nSPS) is 18.8. The predicted molar refractivity (Wildman–Crippen MR) is 73.2 cm³/mol. The van der Waals surface area contributed by atoms with Crippen LogP contribution in [0.4, 0.5) is 11.4 Å². The molecule has 1 fully saturated rings. The number of hydrogen-bond donors (Lipinski definition) is 1. The quantitative estimate of drug-likeness (QED) is 0.858. The van der Waals surface area contributed by atoms with Gasteiger partial charge in [-0.15, -0.1) is 0 Å². The third-order valence-corrected chi connectivity index (χ3v) is 3.98. The molecule has 2 heterocycles. The molecule has 2 aliphatic heterocycles. The average Bonchev–Trinajstić information content (AvgIpc) is 2.59. The number of nitrogens with zero attached hydrogens (tertiary/aromatic N) is 2. The fraction of sp³-hybridized carbons (Fsp3) is 0.500. The van der Waals surface area contributed by atoms with Crippen LogP contribution in [0.15, 0.2) is 18.2 Å². The Morgan fingerprint density at radius 1 is 1.44 bits per heavy atom. The van der Waals surface area contributed by atoms with E-state index in [1.807, 2.05) is 7.05 Å². The third kappa shape index (κ3) is 1.86. The molecular weight excluding hydrogens is 226 g/mol. The maximum atomic E-state index is 11.6. The summed E-state index contributed by atoms with van der Waals surface area (Å²) in [4.78, 5) is 15.7. The lowest BCUT2D eigenvalue weighted by Crippen LogP contribution is -2.47. The highest BCUT2D eigenvalue weighted by atomic mass is 16.2. The van der Waals surface area contributed by atoms with Crippen LogP contribution in [0.1, 0.15) is 5.56 Å². The molecule has 0 unspecified atom stereocenters. The van der Waals surface area contributed by atoms with Gasteiger partial charge in [-0.2, -0.15) is 0 Å². The minimum atomic E-state index is 0.188. The van der Waals surface area contributed by atoms with Crippen LogP contribution in [0.25, 0.3) is 0 Å². The van der Waals surface area contributed by atoms with Crippen molar-refractivity contribution < 1.29 is 4.79 Å². The standard InChI is InChI=1S/C14H19N3O/c1-16(9-10-7-15-8-10)12-3-4-13-11(5-12)6-14(18)17(13)2/h3-5,10,15H,6-9H2,1-2H3. The van der Waals surface area contributed by atoms with E-state index >= 15 is 0 Å². The van der Waals surface area contributed by atoms with Crippen molar-refractivity contribution in [3.8, 4) is 0 Å². The van der Waals surface area contributed by atoms with Gasteiger partial charge in [-0.25, -0.2) is 0 Å². The van der Waals surface area contributed by atoms with E-state index in [9.17, 15) is 4.79 Å². The van der Waals surface area contributed by atoms with Crippen molar-refractivity contribution in [2.45, 2.75) is 6.42 Å². The predicted octanol–water partition coefficient (Wildman–Crippen LogP) is 0.861. The highest BCUT2D eigenvalue weighted by Crippen LogP contribution is 2.31. The Kier molecular flexibility index (Phi) is 2.74. The lowest BCUT2D eigenvalue weighted by Gasteiger charge is -2.32. The first kappa shape index (κ1) is 11.5. The van der Waals surface area contributed by atoms with E-state index in [-0.39, 0.29) is 5.91 Å². The van der Waals surface area contributed by atoms with Crippen LogP contribution in [-0.2, 0) is 11.2 Å². The van der Waals surface area contributed by atoms with Gasteiger partial charge in [0.2, 0.25) is 5.91 Å². The zero-order chi connectivity index (χ0) is 12.7. The summed E-state index contributed by atoms with van der Waals surface area (Å²) in [5, 5.41) is 3.29. The molecule has 2 aliphatic rings. The minimum Gasteiger partial charge on any atom is -0.374 e. The average molecular weight is 245 g/mol. The molecular formula is C14H19N3O. The topological polar surface area (TPSA) is 35.6 Å². The lowest BCUT2D eigenvalue weighted by atomic mass is 10.0. The van der Waals surface area contributed by atoms with E-state index in [1.54, 1.807) is 4.90 Å². The van der Waals surface area contributed by atoms with E-state index in [0.717, 1.165) is 36.8 Å². The molecule has 0 bridgehead atoms. The maximum Gasteiger partial charge on any atom is 0.231 e. The van der Waals surface area contributed by atoms with Crippen molar-refractivity contribution in [3.05, 3.63) is 23.8 Å². The molecule has 1 aromatic carbocycles. The van der Waals surface area contributed by atoms with Crippen LogP contribution >= 0.6 is 0 Å². The Labute approximate surface area is 108 Å². The zero-order valence-corrected chi connectivity index (χ0v) is 10.9. The highest BCUT2D eigenvalue weighted by molar-refractivity contribution is 6.01. The van der Waals surface area contributed by atoms with Gasteiger partial charge in [0.25, 0.3) is 0 Å². The number of likely N-dealkylation sites (N-methyl/N-ethyl adjacent to an activating group) is 1. The number of anilines is 2. The van der Waals surface area contributed by atoms with Crippen molar-refractivity contribution in [1.82, 2.24) is 5.32 Å². The van der Waals surface area contributed by atoms with E-state index in [0.29, 0.717) is 6.42 Å². The Morgan fingerprint density at radius 2 is 2.22 bits per heavy atom. The lowest BCUT2D eigenvalue weighted by molar-refractivity contribution is -0.117. The number of amides is 1. The van der Waals surface area contributed by atoms with Crippen molar-refractivity contribution in [1.29, 1.82) is 0 Å². The number of nitrogens with one attached hydrogen (secondary N) is 1. The molecule has 4 nitrogen and oxygen atoms in total. The summed E-state index contributed by atoms with van der Waals surface area (Å²) in [6, 6.07) is 6.33. The Balaban J connectivity index is 1.78. The molecule has 0 aliphatic carbocycles. The summed E-state index contributed by atoms with van der Waals surface area (Å²) in [6.45, 7) is 3.32. The number of rotatable bonds is 3. The first-order valence-electron chi connectivity index (χ1n) is 6.46. The van der Waals surface area contributed by atoms with Gasteiger partial charge in [0, 0.05) is 51.0 Å². The molecule has 0 aromatic heterocycles. The molecule has 1 amide bonds. The van der Waals surface area contributed by atoms with Gasteiger partial charge >= 0.3 is 0 Å². The fourth-order valence-corrected chi connectivity index (χ4v) is 2.66. The van der Waals surface area contributed by atoms with Crippen LogP contribution in [0, 0.1) is 5.92 Å². The van der Waals surface area contributed by atoms with Gasteiger partial charge in [-0.05, 0) is 23.8 Å². The molecule has 1 aromatic rings. The first-order chi connectivity index (χ1) is 8.65. The number of fused-ring (bicyclic) bond motifs is 1. The fourth-order valence-electron chi connectivity index (χ4n) is 2.66. The largest absolute Gasteiger partial charge is 0.374 e. The van der Waals surface area contributed by atoms with Gasteiger partial charge in [0.1, 0.15) is 0 Å². The Morgan fingerprint density at radius 3 is 2.89 bits per heavy atom. The summed E-state index contributed by atoms with van der Waals surface area (Å²) < 4.78 is 0. The van der Waals surface area contributed by atoms with Crippen molar-refractivity contribution in [3.63, 3.8) is 0 Å². The molecule has 3 rings (SSSR count). The van der Waals surface area contributed by atoms with E-state index in [2.05, 4.69) is 35.5 Å². The van der Waals surface area contributed by atoms with Gasteiger partial charge < -0.3 is 15.1 Å². The number of carbonyl (C=O) groups is 1. The molecule has 0 atom stereocenters. The van der Waals surface area contributed by atoms with E-state index < -0.39 is 0 Å². The smallest absolute Gasteiger partial charge is 0.231 e. The van der Waals surface area contributed by atoms with E-state index in [4.69, 9.17) is 0 Å². The highest BCUT2D eigenvalue weighted by Gasteiger charge is 2.25. The molecule has 0 radical (unpaired) electrons. The van der Waals surface area contributed by atoms with Gasteiger partial charge in [-0.3, -0.25) is 4.79 Å². The SMILES string of the molecule is CN(CC1CNC1)c1ccc2c(c1)CC(=O)N2C. The van der Waals surface area contributed by atoms with Crippen LogP contribution in [0.3, 0.4) is 0 Å². The molecule has 18 heavy (non-hydrogen) atoms.